The molecule has 72 valence electrons. The predicted molar refractivity (Wildman–Crippen MR) is 53.7 cm³/mol. The quantitative estimate of drug-likeness (QED) is 0.629. The van der Waals surface area contributed by atoms with Gasteiger partial charge in [-0.05, 0) is 30.7 Å². The van der Waals surface area contributed by atoms with Crippen molar-refractivity contribution >= 4 is 17.9 Å². The number of hydrogen-bond donors (Lipinski definition) is 0. The highest BCUT2D eigenvalue weighted by Gasteiger charge is 2.31. The maximum Gasteiger partial charge on any atom is 0.234 e. The molecule has 1 aromatic rings. The Kier molecular flexibility index (Phi) is 1.88. The molecule has 0 fully saturated rings. The Hall–Kier alpha value is -1.64. The number of amides is 1. The third-order valence-electron chi connectivity index (χ3n) is 2.72. The summed E-state index contributed by atoms with van der Waals surface area (Å²) in [6.07, 6.45) is 0.801. The van der Waals surface area contributed by atoms with Crippen molar-refractivity contribution in [1.82, 2.24) is 0 Å². The zero-order valence-corrected chi connectivity index (χ0v) is 8.15. The van der Waals surface area contributed by atoms with Crippen LogP contribution in [0.25, 0.3) is 0 Å². The van der Waals surface area contributed by atoms with E-state index in [9.17, 15) is 9.59 Å². The third kappa shape index (κ3) is 1.05. The molecule has 3 heteroatoms. The van der Waals surface area contributed by atoms with Gasteiger partial charge < -0.3 is 4.90 Å². The number of fused-ring (bicyclic) bond motifs is 1. The van der Waals surface area contributed by atoms with Crippen LogP contribution in [0.3, 0.4) is 0 Å². The average Bonchev–Trinajstić information content (AvgIpc) is 2.44. The molecule has 0 aromatic heterocycles. The van der Waals surface area contributed by atoms with Crippen LogP contribution in [-0.4, -0.2) is 19.2 Å². The summed E-state index contributed by atoms with van der Waals surface area (Å²) in [5.74, 6) is -0.0436. The Labute approximate surface area is 82.3 Å². The van der Waals surface area contributed by atoms with E-state index in [1.54, 1.807) is 24.1 Å². The number of likely N-dealkylation sites (N-methyl/N-ethyl adjacent to an activating group) is 1. The summed E-state index contributed by atoms with van der Waals surface area (Å²) in [5.41, 5.74) is 2.48. The van der Waals surface area contributed by atoms with Crippen LogP contribution in [0, 0.1) is 0 Å². The van der Waals surface area contributed by atoms with Crippen molar-refractivity contribution < 1.29 is 9.59 Å². The van der Waals surface area contributed by atoms with E-state index >= 15 is 0 Å². The highest BCUT2D eigenvalue weighted by molar-refractivity contribution is 6.04. The Morgan fingerprint density at radius 2 is 2.14 bits per heavy atom. The second-order valence-corrected chi connectivity index (χ2v) is 3.56. The van der Waals surface area contributed by atoms with Gasteiger partial charge in [-0.25, -0.2) is 0 Å². The largest absolute Gasteiger partial charge is 0.315 e. The average molecular weight is 189 g/mol. The summed E-state index contributed by atoms with van der Waals surface area (Å²) in [6, 6.07) is 5.34. The van der Waals surface area contributed by atoms with Gasteiger partial charge in [-0.1, -0.05) is 0 Å². The van der Waals surface area contributed by atoms with E-state index in [0.29, 0.717) is 5.56 Å². The van der Waals surface area contributed by atoms with Gasteiger partial charge in [0.15, 0.2) is 0 Å². The smallest absolute Gasteiger partial charge is 0.234 e. The zero-order valence-electron chi connectivity index (χ0n) is 8.15. The molecule has 3 nitrogen and oxygen atoms in total. The van der Waals surface area contributed by atoms with Crippen molar-refractivity contribution in [3.8, 4) is 0 Å². The van der Waals surface area contributed by atoms with Gasteiger partial charge in [-0.15, -0.1) is 0 Å². The van der Waals surface area contributed by atoms with Gasteiger partial charge in [0.25, 0.3) is 0 Å². The summed E-state index contributed by atoms with van der Waals surface area (Å²) in [6.45, 7) is 1.86. The second kappa shape index (κ2) is 2.94. The lowest BCUT2D eigenvalue weighted by atomic mass is 10.0. The van der Waals surface area contributed by atoms with Crippen molar-refractivity contribution in [2.75, 3.05) is 11.9 Å². The lowest BCUT2D eigenvalue weighted by Gasteiger charge is -2.09. The van der Waals surface area contributed by atoms with Crippen LogP contribution in [0.15, 0.2) is 18.2 Å². The first-order chi connectivity index (χ1) is 6.65. The number of anilines is 1. The van der Waals surface area contributed by atoms with Gasteiger partial charge in [0, 0.05) is 18.3 Å². The van der Waals surface area contributed by atoms with E-state index in [1.807, 2.05) is 13.0 Å². The maximum atomic E-state index is 11.6. The van der Waals surface area contributed by atoms with Crippen LogP contribution in [-0.2, 0) is 4.79 Å². The van der Waals surface area contributed by atoms with Gasteiger partial charge in [-0.2, -0.15) is 0 Å². The second-order valence-electron chi connectivity index (χ2n) is 3.56. The van der Waals surface area contributed by atoms with Crippen LogP contribution < -0.4 is 4.90 Å². The minimum Gasteiger partial charge on any atom is -0.315 e. The molecule has 0 bridgehead atoms. The van der Waals surface area contributed by atoms with Crippen molar-refractivity contribution in [3.05, 3.63) is 29.3 Å². The molecule has 1 amide bonds. The summed E-state index contributed by atoms with van der Waals surface area (Å²) in [5, 5.41) is 0. The number of carbonyl (C=O) groups is 2. The van der Waals surface area contributed by atoms with Gasteiger partial charge >= 0.3 is 0 Å². The molecule has 0 spiro atoms. The molecule has 14 heavy (non-hydrogen) atoms. The topological polar surface area (TPSA) is 37.4 Å². The molecule has 1 aliphatic rings. The van der Waals surface area contributed by atoms with Gasteiger partial charge in [-0.3, -0.25) is 9.59 Å². The van der Waals surface area contributed by atoms with Crippen molar-refractivity contribution in [2.24, 2.45) is 0 Å². The predicted octanol–water partition coefficient (Wildman–Crippen LogP) is 1.58. The molecular formula is C11H11NO2. The SMILES string of the molecule is CC1C(=O)N(C)c2ccc(C=O)cc21. The Morgan fingerprint density at radius 3 is 2.79 bits per heavy atom. The molecule has 0 radical (unpaired) electrons. The van der Waals surface area contributed by atoms with Gasteiger partial charge in [0.2, 0.25) is 5.91 Å². The number of hydrogen-bond acceptors (Lipinski definition) is 2. The van der Waals surface area contributed by atoms with E-state index in [2.05, 4.69) is 0 Å². The van der Waals surface area contributed by atoms with E-state index < -0.39 is 0 Å². The number of aldehydes is 1. The Balaban J connectivity index is 2.58. The van der Waals surface area contributed by atoms with Gasteiger partial charge in [0.1, 0.15) is 6.29 Å². The molecule has 2 rings (SSSR count). The van der Waals surface area contributed by atoms with Crippen molar-refractivity contribution in [3.63, 3.8) is 0 Å². The Bertz CT molecular complexity index is 412. The maximum absolute atomic E-state index is 11.6. The van der Waals surface area contributed by atoms with Crippen molar-refractivity contribution in [2.45, 2.75) is 12.8 Å². The first-order valence-electron chi connectivity index (χ1n) is 4.52. The van der Waals surface area contributed by atoms with Crippen molar-refractivity contribution in [1.29, 1.82) is 0 Å². The van der Waals surface area contributed by atoms with Crippen LogP contribution in [0.2, 0.25) is 0 Å². The third-order valence-corrected chi connectivity index (χ3v) is 2.72. The summed E-state index contributed by atoms with van der Waals surface area (Å²) in [7, 11) is 1.76. The van der Waals surface area contributed by atoms with E-state index in [4.69, 9.17) is 0 Å². The van der Waals surface area contributed by atoms with Crippen LogP contribution in [0.4, 0.5) is 5.69 Å². The highest BCUT2D eigenvalue weighted by Crippen LogP contribution is 2.36. The molecule has 0 saturated heterocycles. The fraction of sp³-hybridized carbons (Fsp3) is 0.273. The van der Waals surface area contributed by atoms with Crippen LogP contribution >= 0.6 is 0 Å². The fourth-order valence-corrected chi connectivity index (χ4v) is 1.84. The highest BCUT2D eigenvalue weighted by atomic mass is 16.2. The molecular weight excluding hydrogens is 178 g/mol. The summed E-state index contributed by atoms with van der Waals surface area (Å²) in [4.78, 5) is 23.8. The number of benzene rings is 1. The molecule has 0 saturated carbocycles. The first kappa shape index (κ1) is 8.94. The summed E-state index contributed by atoms with van der Waals surface area (Å²) < 4.78 is 0. The number of carbonyl (C=O) groups excluding carboxylic acids is 2. The van der Waals surface area contributed by atoms with Gasteiger partial charge in [0.05, 0.1) is 5.92 Å². The first-order valence-corrected chi connectivity index (χ1v) is 4.52. The number of nitrogens with zero attached hydrogens (tertiary/aromatic N) is 1. The molecule has 0 aliphatic carbocycles. The monoisotopic (exact) mass is 189 g/mol. The van der Waals surface area contributed by atoms with Crippen LogP contribution in [0.1, 0.15) is 28.8 Å². The minimum atomic E-state index is -0.130. The standard InChI is InChI=1S/C11H11NO2/c1-7-9-5-8(6-13)3-4-10(9)12(2)11(7)14/h3-7H,1-2H3. The van der Waals surface area contributed by atoms with E-state index in [1.165, 1.54) is 0 Å². The summed E-state index contributed by atoms with van der Waals surface area (Å²) >= 11 is 0. The molecule has 1 aromatic carbocycles. The lowest BCUT2D eigenvalue weighted by Crippen LogP contribution is -2.22. The molecule has 1 unspecified atom stereocenters. The van der Waals surface area contributed by atoms with E-state index in [-0.39, 0.29) is 11.8 Å². The lowest BCUT2D eigenvalue weighted by molar-refractivity contribution is -0.118. The van der Waals surface area contributed by atoms with E-state index in [0.717, 1.165) is 17.5 Å². The normalized spacial score (nSPS) is 19.7. The number of rotatable bonds is 1. The Morgan fingerprint density at radius 1 is 1.43 bits per heavy atom. The van der Waals surface area contributed by atoms with Crippen LogP contribution in [0.5, 0.6) is 0 Å². The molecule has 0 N–H and O–H groups in total. The fourth-order valence-electron chi connectivity index (χ4n) is 1.84. The molecule has 1 heterocycles. The molecule has 1 aliphatic heterocycles. The molecule has 1 atom stereocenters. The zero-order chi connectivity index (χ0) is 10.3. The minimum absolute atomic E-state index is 0.0862.